The number of rotatable bonds is 4. The number of fused-ring (bicyclic) bond motifs is 2. The Hall–Kier alpha value is -4.31. The van der Waals surface area contributed by atoms with Crippen molar-refractivity contribution in [3.8, 4) is 23.2 Å². The van der Waals surface area contributed by atoms with E-state index in [9.17, 15) is 17.6 Å². The van der Waals surface area contributed by atoms with Crippen molar-refractivity contribution in [3.63, 3.8) is 0 Å². The maximum Gasteiger partial charge on any atom is 0.232 e. The van der Waals surface area contributed by atoms with E-state index in [2.05, 4.69) is 20.2 Å². The molecule has 1 unspecified atom stereocenters. The quantitative estimate of drug-likeness (QED) is 0.407. The van der Waals surface area contributed by atoms with Gasteiger partial charge in [0.15, 0.2) is 21.4 Å². The number of Topliss-reactive ketones (excluding diaryl/α,β-unsaturated/α-hetero) is 1. The average Bonchev–Trinajstić information content (AvgIpc) is 3.30. The van der Waals surface area contributed by atoms with Crippen LogP contribution in [0.1, 0.15) is 40.2 Å². The normalized spacial score (nSPS) is 16.2. The van der Waals surface area contributed by atoms with Crippen LogP contribution in [0.3, 0.4) is 0 Å². The largest absolute Gasteiger partial charge is 0.475 e. The highest BCUT2D eigenvalue weighted by Crippen LogP contribution is 2.41. The minimum Gasteiger partial charge on any atom is -0.475 e. The van der Waals surface area contributed by atoms with Crippen molar-refractivity contribution in [2.75, 3.05) is 6.61 Å². The number of aromatic nitrogens is 4. The number of ketones is 1. The van der Waals surface area contributed by atoms with E-state index in [1.165, 1.54) is 0 Å². The molecule has 0 saturated heterocycles. The van der Waals surface area contributed by atoms with Crippen molar-refractivity contribution in [2.24, 2.45) is 0 Å². The summed E-state index contributed by atoms with van der Waals surface area (Å²) in [5.41, 5.74) is -2.52. The Balaban J connectivity index is 1.66. The SMILES string of the molecule is CCC(=O)c1[nH]nc2c(F)c(-c3c(F)ccc(C4COc5ncc(C#N)cc5S4(=O)=O)c3F)ncc12. The second-order valence-corrected chi connectivity index (χ2v) is 9.97. The van der Waals surface area contributed by atoms with Crippen molar-refractivity contribution >= 4 is 26.5 Å². The third-order valence-electron chi connectivity index (χ3n) is 5.85. The molecule has 1 atom stereocenters. The smallest absolute Gasteiger partial charge is 0.232 e. The summed E-state index contributed by atoms with van der Waals surface area (Å²) in [6.45, 7) is 1.05. The zero-order valence-corrected chi connectivity index (χ0v) is 19.2. The van der Waals surface area contributed by atoms with E-state index in [0.717, 1.165) is 30.6 Å². The summed E-state index contributed by atoms with van der Waals surface area (Å²) in [4.78, 5) is 19.3. The van der Waals surface area contributed by atoms with Gasteiger partial charge in [-0.3, -0.25) is 14.9 Å². The Morgan fingerprint density at radius 2 is 2.00 bits per heavy atom. The van der Waals surface area contributed by atoms with E-state index >= 15 is 8.78 Å². The van der Waals surface area contributed by atoms with Crippen LogP contribution in [0, 0.1) is 28.8 Å². The number of carbonyl (C=O) groups is 1. The lowest BCUT2D eigenvalue weighted by Gasteiger charge is -2.25. The van der Waals surface area contributed by atoms with E-state index in [0.29, 0.717) is 0 Å². The topological polar surface area (TPSA) is 139 Å². The molecule has 0 amide bonds. The molecule has 1 aliphatic rings. The number of sulfone groups is 1. The summed E-state index contributed by atoms with van der Waals surface area (Å²) in [6, 6.07) is 4.54. The first-order chi connectivity index (χ1) is 17.2. The van der Waals surface area contributed by atoms with Crippen molar-refractivity contribution in [1.82, 2.24) is 20.2 Å². The van der Waals surface area contributed by atoms with Crippen LogP contribution < -0.4 is 4.74 Å². The third kappa shape index (κ3) is 3.41. The molecule has 0 bridgehead atoms. The molecule has 1 aromatic carbocycles. The molecule has 0 fully saturated rings. The fourth-order valence-corrected chi connectivity index (χ4v) is 5.72. The number of hydrogen-bond donors (Lipinski definition) is 1. The van der Waals surface area contributed by atoms with Gasteiger partial charge in [-0.1, -0.05) is 13.0 Å². The minimum absolute atomic E-state index is 0.00889. The number of nitrogens with one attached hydrogen (secondary N) is 1. The molecule has 1 N–H and O–H groups in total. The van der Waals surface area contributed by atoms with Crippen molar-refractivity contribution in [3.05, 3.63) is 64.9 Å². The van der Waals surface area contributed by atoms with Crippen LogP contribution in [0.15, 0.2) is 35.5 Å². The van der Waals surface area contributed by atoms with Gasteiger partial charge in [0.25, 0.3) is 0 Å². The Labute approximate surface area is 201 Å². The molecular formula is C23H14F3N5O4S. The number of ether oxygens (including phenoxy) is 1. The van der Waals surface area contributed by atoms with Gasteiger partial charge in [0.1, 0.15) is 51.4 Å². The fourth-order valence-electron chi connectivity index (χ4n) is 4.00. The molecule has 9 nitrogen and oxygen atoms in total. The molecule has 5 rings (SSSR count). The fraction of sp³-hybridized carbons (Fsp3) is 0.174. The van der Waals surface area contributed by atoms with Crippen LogP contribution >= 0.6 is 0 Å². The molecule has 0 spiro atoms. The van der Waals surface area contributed by atoms with Gasteiger partial charge in [0, 0.05) is 24.4 Å². The van der Waals surface area contributed by atoms with Gasteiger partial charge in [-0.25, -0.2) is 26.6 Å². The molecule has 13 heteroatoms. The van der Waals surface area contributed by atoms with Gasteiger partial charge >= 0.3 is 0 Å². The minimum atomic E-state index is -4.33. The number of halogens is 3. The molecule has 36 heavy (non-hydrogen) atoms. The van der Waals surface area contributed by atoms with E-state index in [1.54, 1.807) is 13.0 Å². The van der Waals surface area contributed by atoms with Gasteiger partial charge in [-0.2, -0.15) is 10.4 Å². The molecular weight excluding hydrogens is 499 g/mol. The zero-order valence-electron chi connectivity index (χ0n) is 18.3. The predicted molar refractivity (Wildman–Crippen MR) is 118 cm³/mol. The zero-order chi connectivity index (χ0) is 25.8. The predicted octanol–water partition coefficient (Wildman–Crippen LogP) is 3.81. The monoisotopic (exact) mass is 513 g/mol. The van der Waals surface area contributed by atoms with Crippen LogP contribution in [0.4, 0.5) is 13.2 Å². The molecule has 0 radical (unpaired) electrons. The lowest BCUT2D eigenvalue weighted by atomic mass is 10.0. The Bertz CT molecular complexity index is 1730. The molecule has 0 saturated carbocycles. The van der Waals surface area contributed by atoms with Gasteiger partial charge in [0.2, 0.25) is 5.88 Å². The standard InChI is InChI=1S/C23H14F3N5O4S/c1-2-14(32)20-12-8-28-22(19(26)21(12)31-30-20)17-13(24)4-3-11(18(17)25)16-9-35-23-15(36(16,33)34)5-10(6-27)7-29-23/h3-5,7-8,16H,2,9H2,1H3,(H,30,31). The van der Waals surface area contributed by atoms with E-state index in [-0.39, 0.29) is 40.2 Å². The van der Waals surface area contributed by atoms with Crippen LogP contribution in [0.25, 0.3) is 22.2 Å². The summed E-state index contributed by atoms with van der Waals surface area (Å²) in [7, 11) is -4.33. The summed E-state index contributed by atoms with van der Waals surface area (Å²) in [5, 5.41) is 13.7. The van der Waals surface area contributed by atoms with E-state index in [4.69, 9.17) is 10.00 Å². The first kappa shape index (κ1) is 23.4. The number of nitriles is 1. The molecule has 4 aromatic rings. The highest BCUT2D eigenvalue weighted by Gasteiger charge is 2.40. The van der Waals surface area contributed by atoms with Gasteiger partial charge in [-0.15, -0.1) is 0 Å². The molecule has 1 aliphatic heterocycles. The second-order valence-electron chi connectivity index (χ2n) is 7.87. The summed E-state index contributed by atoms with van der Waals surface area (Å²) in [5.74, 6) is -4.34. The molecule has 4 heterocycles. The average molecular weight is 513 g/mol. The number of nitrogens with zero attached hydrogens (tertiary/aromatic N) is 4. The number of carbonyl (C=O) groups excluding carboxylic acids is 1. The van der Waals surface area contributed by atoms with Crippen molar-refractivity contribution < 1.29 is 31.1 Å². The number of benzene rings is 1. The number of aromatic amines is 1. The number of H-pyrrole nitrogens is 1. The molecule has 0 aliphatic carbocycles. The van der Waals surface area contributed by atoms with E-state index < -0.39 is 60.9 Å². The summed E-state index contributed by atoms with van der Waals surface area (Å²) in [6.07, 6.45) is 2.31. The first-order valence-corrected chi connectivity index (χ1v) is 12.0. The Morgan fingerprint density at radius 1 is 1.22 bits per heavy atom. The maximum atomic E-state index is 15.7. The maximum absolute atomic E-state index is 15.7. The van der Waals surface area contributed by atoms with Gasteiger partial charge in [-0.05, 0) is 12.1 Å². The Morgan fingerprint density at radius 3 is 2.72 bits per heavy atom. The van der Waals surface area contributed by atoms with Crippen LogP contribution in [-0.4, -0.2) is 41.0 Å². The second kappa shape index (κ2) is 8.42. The summed E-state index contributed by atoms with van der Waals surface area (Å²) >= 11 is 0. The highest BCUT2D eigenvalue weighted by atomic mass is 32.2. The number of hydrogen-bond acceptors (Lipinski definition) is 8. The summed E-state index contributed by atoms with van der Waals surface area (Å²) < 4.78 is 77.8. The molecule has 3 aromatic heterocycles. The third-order valence-corrected chi connectivity index (χ3v) is 7.89. The lowest BCUT2D eigenvalue weighted by Crippen LogP contribution is -2.28. The van der Waals surface area contributed by atoms with Crippen LogP contribution in [0.2, 0.25) is 0 Å². The lowest BCUT2D eigenvalue weighted by molar-refractivity contribution is 0.0985. The van der Waals surface area contributed by atoms with Crippen LogP contribution in [-0.2, 0) is 9.84 Å². The number of pyridine rings is 2. The molecule has 182 valence electrons. The van der Waals surface area contributed by atoms with Crippen molar-refractivity contribution in [1.29, 1.82) is 5.26 Å². The first-order valence-electron chi connectivity index (χ1n) is 10.5. The van der Waals surface area contributed by atoms with Gasteiger partial charge in [0.05, 0.1) is 16.5 Å². The van der Waals surface area contributed by atoms with Crippen LogP contribution in [0.5, 0.6) is 5.88 Å². The highest BCUT2D eigenvalue weighted by molar-refractivity contribution is 7.91. The van der Waals surface area contributed by atoms with E-state index in [1.807, 2.05) is 0 Å². The van der Waals surface area contributed by atoms with Crippen molar-refractivity contribution in [2.45, 2.75) is 23.5 Å². The van der Waals surface area contributed by atoms with Gasteiger partial charge < -0.3 is 4.74 Å². The Kier molecular flexibility index (Phi) is 5.48.